The topological polar surface area (TPSA) is 139 Å². The highest BCUT2D eigenvalue weighted by atomic mass is 16.5. The number of nitrogens with zero attached hydrogens (tertiary/aromatic N) is 3. The number of nitrogens with two attached hydrogens (primary N) is 1. The van der Waals surface area contributed by atoms with Gasteiger partial charge in [0.15, 0.2) is 11.2 Å². The summed E-state index contributed by atoms with van der Waals surface area (Å²) in [6.07, 6.45) is -1.11. The lowest BCUT2D eigenvalue weighted by molar-refractivity contribution is -0.0432. The van der Waals surface area contributed by atoms with E-state index in [9.17, 15) is 9.90 Å². The number of hydrogen-bond acceptors (Lipinski definition) is 7. The minimum Gasteiger partial charge on any atom is -0.394 e. The first-order valence-electron chi connectivity index (χ1n) is 6.60. The van der Waals surface area contributed by atoms with E-state index in [4.69, 9.17) is 13.3 Å². The zero-order valence-electron chi connectivity index (χ0n) is 11.7. The maximum Gasteiger partial charge on any atom is 0.280 e. The molecular weight excluding hydrogens is 254 g/mol. The molecular formula is C10H13N5O4. The number of nitrogen functional groups attached to an aromatic ring is 1. The number of aromatic amines is 1. The molecule has 0 spiro atoms. The molecule has 102 valence electrons. The van der Waals surface area contributed by atoms with Gasteiger partial charge in [0.1, 0.15) is 12.3 Å². The highest BCUT2D eigenvalue weighted by Crippen LogP contribution is 2.30. The molecule has 9 heteroatoms. The first kappa shape index (κ1) is 9.89. The van der Waals surface area contributed by atoms with Crippen molar-refractivity contribution in [3.05, 3.63) is 16.7 Å². The largest absolute Gasteiger partial charge is 0.394 e. The van der Waals surface area contributed by atoms with Crippen LogP contribution in [0.3, 0.4) is 0 Å². The number of anilines is 1. The number of ether oxygens (including phenoxy) is 1. The van der Waals surface area contributed by atoms with Gasteiger partial charge in [0, 0.05) is 6.42 Å². The second-order valence-electron chi connectivity index (χ2n) is 4.27. The zero-order valence-corrected chi connectivity index (χ0v) is 9.68. The lowest BCUT2D eigenvalue weighted by atomic mass is 10.2. The number of H-pyrrole nitrogens is 1. The smallest absolute Gasteiger partial charge is 0.280 e. The van der Waals surface area contributed by atoms with Crippen LogP contribution in [0.25, 0.3) is 11.2 Å². The Morgan fingerprint density at radius 2 is 2.63 bits per heavy atom. The van der Waals surface area contributed by atoms with E-state index in [-0.39, 0.29) is 23.5 Å². The van der Waals surface area contributed by atoms with Gasteiger partial charge in [-0.2, -0.15) is 4.98 Å². The minimum atomic E-state index is -1.33. The number of fused-ring (bicyclic) bond motifs is 1. The monoisotopic (exact) mass is 269 g/mol. The van der Waals surface area contributed by atoms with Crippen molar-refractivity contribution in [2.24, 2.45) is 0 Å². The van der Waals surface area contributed by atoms with Crippen molar-refractivity contribution in [1.29, 1.82) is 1.43 Å². The van der Waals surface area contributed by atoms with Crippen molar-refractivity contribution in [1.82, 2.24) is 19.5 Å². The van der Waals surface area contributed by atoms with Gasteiger partial charge >= 0.3 is 0 Å². The number of hydrogen-bond donors (Lipinski definition) is 4. The second-order valence-corrected chi connectivity index (χ2v) is 4.27. The van der Waals surface area contributed by atoms with Crippen molar-refractivity contribution >= 4 is 17.1 Å². The van der Waals surface area contributed by atoms with Gasteiger partial charge in [-0.1, -0.05) is 0 Å². The quantitative estimate of drug-likeness (QED) is 0.523. The minimum absolute atomic E-state index is 0.0581. The molecule has 1 saturated heterocycles. The van der Waals surface area contributed by atoms with Crippen LogP contribution in [0.15, 0.2) is 11.1 Å². The van der Waals surface area contributed by atoms with Gasteiger partial charge in [-0.3, -0.25) is 14.3 Å². The normalized spacial score (nSPS) is 30.3. The summed E-state index contributed by atoms with van der Waals surface area (Å²) in [5.41, 5.74) is 5.36. The molecule has 5 N–H and O–H groups in total. The SMILES string of the molecule is [2H]OC([2H])[C@H]1O[C@@H](n2cnc3c(=O)[nH]c(N)nc32)C[C@@H]1O. The third-order valence-electron chi connectivity index (χ3n) is 3.03. The molecule has 1 fully saturated rings. The fraction of sp³-hybridized carbons (Fsp3) is 0.500. The van der Waals surface area contributed by atoms with E-state index in [1.807, 2.05) is 0 Å². The van der Waals surface area contributed by atoms with Crippen LogP contribution in [0.2, 0.25) is 0 Å². The summed E-state index contributed by atoms with van der Waals surface area (Å²) in [6, 6.07) is 0. The molecule has 9 nitrogen and oxygen atoms in total. The number of aliphatic hydroxyl groups excluding tert-OH is 2. The summed E-state index contributed by atoms with van der Waals surface area (Å²) in [5.74, 6) is -0.0581. The highest BCUT2D eigenvalue weighted by molar-refractivity contribution is 5.70. The molecule has 0 amide bonds. The van der Waals surface area contributed by atoms with E-state index < -0.39 is 30.6 Å². The molecule has 0 aromatic carbocycles. The lowest BCUT2D eigenvalue weighted by Gasteiger charge is -2.13. The maximum atomic E-state index is 11.7. The second kappa shape index (κ2) is 4.30. The van der Waals surface area contributed by atoms with Gasteiger partial charge in [-0.15, -0.1) is 0 Å². The van der Waals surface area contributed by atoms with Crippen molar-refractivity contribution in [3.8, 4) is 0 Å². The fourth-order valence-electron chi connectivity index (χ4n) is 2.12. The molecule has 1 aliphatic rings. The average Bonchev–Trinajstić information content (AvgIpc) is 3.01. The number of imidazole rings is 1. The molecule has 1 aliphatic heterocycles. The maximum absolute atomic E-state index is 11.7. The Bertz CT molecular complexity index is 719. The van der Waals surface area contributed by atoms with E-state index in [1.165, 1.54) is 10.9 Å². The molecule has 1 unspecified atom stereocenters. The van der Waals surface area contributed by atoms with E-state index in [0.717, 1.165) is 0 Å². The summed E-state index contributed by atoms with van der Waals surface area (Å²) in [7, 11) is 0. The van der Waals surface area contributed by atoms with Gasteiger partial charge < -0.3 is 20.7 Å². The lowest BCUT2D eigenvalue weighted by Crippen LogP contribution is -2.24. The Kier molecular flexibility index (Phi) is 2.24. The van der Waals surface area contributed by atoms with Crippen molar-refractivity contribution in [3.63, 3.8) is 0 Å². The first-order chi connectivity index (χ1) is 10.0. The van der Waals surface area contributed by atoms with Crippen LogP contribution in [-0.2, 0) is 4.74 Å². The summed E-state index contributed by atoms with van der Waals surface area (Å²) in [4.78, 5) is 22.0. The summed E-state index contributed by atoms with van der Waals surface area (Å²) in [6.45, 7) is -1.33. The van der Waals surface area contributed by atoms with Crippen molar-refractivity contribution < 1.29 is 16.3 Å². The average molecular weight is 269 g/mol. The Balaban J connectivity index is 1.97. The van der Waals surface area contributed by atoms with Gasteiger partial charge in [0.25, 0.3) is 5.56 Å². The standard InChI is InChI=1S/C10H13N5O4/c11-10-13-8-7(9(18)14-10)12-3-15(8)6-1-4(17)5(2-16)19-6/h3-6,16-17H,1-2H2,(H3,11,13,14,18)/t4-,5+,6+/m0/s1/i2D,16D/t2?,4-,5+,6+. The predicted molar refractivity (Wildman–Crippen MR) is 64.2 cm³/mol. The summed E-state index contributed by atoms with van der Waals surface area (Å²) < 4.78 is 21.2. The van der Waals surface area contributed by atoms with Crippen LogP contribution < -0.4 is 11.3 Å². The molecule has 4 atom stereocenters. The van der Waals surface area contributed by atoms with Crippen LogP contribution in [0.4, 0.5) is 5.95 Å². The number of aromatic nitrogens is 4. The fourth-order valence-corrected chi connectivity index (χ4v) is 2.12. The molecule has 0 radical (unpaired) electrons. The zero-order chi connectivity index (χ0) is 15.1. The van der Waals surface area contributed by atoms with Crippen LogP contribution in [0, 0.1) is 0 Å². The number of aliphatic hydroxyl groups is 2. The molecule has 2 aromatic heterocycles. The van der Waals surface area contributed by atoms with Crippen LogP contribution in [-0.4, -0.2) is 50.0 Å². The molecule has 3 rings (SSSR count). The predicted octanol–water partition coefficient (Wildman–Crippen LogP) is -1.66. The van der Waals surface area contributed by atoms with Crippen molar-refractivity contribution in [2.45, 2.75) is 24.9 Å². The summed E-state index contributed by atoms with van der Waals surface area (Å²) >= 11 is 0. The number of nitrogens with one attached hydrogen (secondary N) is 1. The molecule has 0 bridgehead atoms. The van der Waals surface area contributed by atoms with Crippen molar-refractivity contribution in [2.75, 3.05) is 12.3 Å². The molecule has 0 aliphatic carbocycles. The van der Waals surface area contributed by atoms with E-state index >= 15 is 0 Å². The van der Waals surface area contributed by atoms with E-state index in [0.29, 0.717) is 0 Å². The Morgan fingerprint density at radius 1 is 1.79 bits per heavy atom. The van der Waals surface area contributed by atoms with Gasteiger partial charge in [-0.05, 0) is 0 Å². The van der Waals surface area contributed by atoms with Crippen LogP contribution in [0.1, 0.15) is 14.0 Å². The van der Waals surface area contributed by atoms with Gasteiger partial charge in [0.2, 0.25) is 7.38 Å². The number of rotatable bonds is 3. The Hall–Kier alpha value is -1.97. The molecule has 2 aromatic rings. The Morgan fingerprint density at radius 3 is 3.42 bits per heavy atom. The third-order valence-corrected chi connectivity index (χ3v) is 3.03. The van der Waals surface area contributed by atoms with Crippen LogP contribution in [0.5, 0.6) is 0 Å². The Labute approximate surface area is 109 Å². The van der Waals surface area contributed by atoms with Gasteiger partial charge in [-0.25, -0.2) is 4.98 Å². The van der Waals surface area contributed by atoms with Gasteiger partial charge in [0.05, 0.1) is 20.4 Å². The first-order valence-corrected chi connectivity index (χ1v) is 5.61. The molecule has 3 heterocycles. The third kappa shape index (κ3) is 1.87. The highest BCUT2D eigenvalue weighted by Gasteiger charge is 2.35. The van der Waals surface area contributed by atoms with E-state index in [2.05, 4.69) is 20.1 Å². The van der Waals surface area contributed by atoms with E-state index in [1.54, 1.807) is 0 Å². The molecule has 0 saturated carbocycles. The summed E-state index contributed by atoms with van der Waals surface area (Å²) in [5, 5.41) is 14.0. The van der Waals surface area contributed by atoms with Crippen LogP contribution >= 0.6 is 0 Å². The molecule has 19 heavy (non-hydrogen) atoms.